The van der Waals surface area contributed by atoms with E-state index in [1.54, 1.807) is 61.2 Å². The van der Waals surface area contributed by atoms with Gasteiger partial charge in [-0.2, -0.15) is 4.31 Å². The number of rotatable bonds is 8. The van der Waals surface area contributed by atoms with Gasteiger partial charge in [0, 0.05) is 38.2 Å². The lowest BCUT2D eigenvalue weighted by molar-refractivity contribution is -0.117. The number of hydrogen-bond donors (Lipinski definition) is 1. The van der Waals surface area contributed by atoms with Gasteiger partial charge in [-0.1, -0.05) is 37.6 Å². The van der Waals surface area contributed by atoms with E-state index in [0.29, 0.717) is 42.3 Å². The molecule has 0 unspecified atom stereocenters. The lowest BCUT2D eigenvalue weighted by atomic mass is 10.1. The maximum absolute atomic E-state index is 12.6. The largest absolute Gasteiger partial charge is 0.348 e. The third-order valence-corrected chi connectivity index (χ3v) is 7.68. The number of nitrogens with zero attached hydrogens (tertiary/aromatic N) is 2. The standard InChI is InChI=1S/C22H26ClN3O4S/c1-3-25(4-2)31(29,30)18-10-7-16(8-11-18)15-24-22(28)17-9-12-19(23)20(14-17)26-13-5-6-21(26)27/h7-12,14H,3-6,13,15H2,1-2H3,(H,24,28). The van der Waals surface area contributed by atoms with Crippen molar-refractivity contribution < 1.29 is 18.0 Å². The zero-order chi connectivity index (χ0) is 22.6. The first kappa shape index (κ1) is 23.2. The predicted octanol–water partition coefficient (Wildman–Crippen LogP) is 3.43. The van der Waals surface area contributed by atoms with Crippen LogP contribution in [0.5, 0.6) is 0 Å². The van der Waals surface area contributed by atoms with E-state index in [2.05, 4.69) is 5.32 Å². The van der Waals surface area contributed by atoms with Gasteiger partial charge in [0.25, 0.3) is 5.91 Å². The fourth-order valence-electron chi connectivity index (χ4n) is 3.54. The highest BCUT2D eigenvalue weighted by Crippen LogP contribution is 2.30. The lowest BCUT2D eigenvalue weighted by Gasteiger charge is -2.19. The molecular formula is C22H26ClN3O4S. The van der Waals surface area contributed by atoms with Crippen molar-refractivity contribution in [1.82, 2.24) is 9.62 Å². The molecule has 2 amide bonds. The highest BCUT2D eigenvalue weighted by atomic mass is 35.5. The van der Waals surface area contributed by atoms with Crippen LogP contribution >= 0.6 is 11.6 Å². The van der Waals surface area contributed by atoms with Gasteiger partial charge in [-0.05, 0) is 42.3 Å². The monoisotopic (exact) mass is 463 g/mol. The lowest BCUT2D eigenvalue weighted by Crippen LogP contribution is -2.30. The number of halogens is 1. The molecule has 0 aliphatic carbocycles. The number of carbonyl (C=O) groups is 2. The van der Waals surface area contributed by atoms with Crippen molar-refractivity contribution in [2.24, 2.45) is 0 Å². The Kier molecular flexibility index (Phi) is 7.35. The second-order valence-electron chi connectivity index (χ2n) is 7.23. The summed E-state index contributed by atoms with van der Waals surface area (Å²) in [4.78, 5) is 26.5. The SMILES string of the molecule is CCN(CC)S(=O)(=O)c1ccc(CNC(=O)c2ccc(Cl)c(N3CCCC3=O)c2)cc1. The average molecular weight is 464 g/mol. The Morgan fingerprint density at radius 3 is 2.39 bits per heavy atom. The molecule has 31 heavy (non-hydrogen) atoms. The summed E-state index contributed by atoms with van der Waals surface area (Å²) in [6.07, 6.45) is 1.25. The molecule has 0 saturated carbocycles. The topological polar surface area (TPSA) is 86.8 Å². The number of carbonyl (C=O) groups excluding carboxylic acids is 2. The molecular weight excluding hydrogens is 438 g/mol. The summed E-state index contributed by atoms with van der Waals surface area (Å²) in [7, 11) is -3.51. The van der Waals surface area contributed by atoms with Gasteiger partial charge in [-0.15, -0.1) is 0 Å². The second-order valence-corrected chi connectivity index (χ2v) is 9.58. The van der Waals surface area contributed by atoms with E-state index < -0.39 is 10.0 Å². The van der Waals surface area contributed by atoms with Crippen LogP contribution in [0.25, 0.3) is 0 Å². The molecule has 0 bridgehead atoms. The summed E-state index contributed by atoms with van der Waals surface area (Å²) >= 11 is 6.24. The van der Waals surface area contributed by atoms with E-state index in [1.807, 2.05) is 0 Å². The molecule has 9 heteroatoms. The quantitative estimate of drug-likeness (QED) is 0.649. The average Bonchev–Trinajstić information content (AvgIpc) is 3.19. The molecule has 1 heterocycles. The van der Waals surface area contributed by atoms with Crippen LogP contribution in [0.4, 0.5) is 5.69 Å². The number of hydrogen-bond acceptors (Lipinski definition) is 4. The molecule has 166 valence electrons. The molecule has 2 aromatic rings. The van der Waals surface area contributed by atoms with E-state index in [1.165, 1.54) is 4.31 Å². The van der Waals surface area contributed by atoms with Gasteiger partial charge in [-0.3, -0.25) is 9.59 Å². The molecule has 1 aliphatic heterocycles. The maximum Gasteiger partial charge on any atom is 0.251 e. The third-order valence-electron chi connectivity index (χ3n) is 5.29. The van der Waals surface area contributed by atoms with Crippen LogP contribution in [0.1, 0.15) is 42.6 Å². The van der Waals surface area contributed by atoms with Gasteiger partial charge in [0.2, 0.25) is 15.9 Å². The summed E-state index contributed by atoms with van der Waals surface area (Å²) in [5.41, 5.74) is 1.72. The first-order chi connectivity index (χ1) is 14.8. The Morgan fingerprint density at radius 2 is 1.81 bits per heavy atom. The van der Waals surface area contributed by atoms with Crippen molar-refractivity contribution in [3.05, 3.63) is 58.6 Å². The van der Waals surface area contributed by atoms with Crippen molar-refractivity contribution in [3.8, 4) is 0 Å². The third kappa shape index (κ3) is 5.08. The highest BCUT2D eigenvalue weighted by molar-refractivity contribution is 7.89. The number of anilines is 1. The van der Waals surface area contributed by atoms with Gasteiger partial charge >= 0.3 is 0 Å². The molecule has 3 rings (SSSR count). The Bertz CT molecular complexity index is 1070. The Balaban J connectivity index is 1.68. The minimum Gasteiger partial charge on any atom is -0.348 e. The van der Waals surface area contributed by atoms with Crippen LogP contribution in [-0.2, 0) is 21.4 Å². The van der Waals surface area contributed by atoms with E-state index in [9.17, 15) is 18.0 Å². The Morgan fingerprint density at radius 1 is 1.13 bits per heavy atom. The molecule has 2 aromatic carbocycles. The summed E-state index contributed by atoms with van der Waals surface area (Å²) in [6.45, 7) is 5.24. The highest BCUT2D eigenvalue weighted by Gasteiger charge is 2.24. The smallest absolute Gasteiger partial charge is 0.251 e. The van der Waals surface area contributed by atoms with Crippen molar-refractivity contribution in [2.75, 3.05) is 24.5 Å². The first-order valence-electron chi connectivity index (χ1n) is 10.2. The van der Waals surface area contributed by atoms with Gasteiger partial charge in [0.1, 0.15) is 0 Å². The minimum absolute atomic E-state index is 0.000730. The van der Waals surface area contributed by atoms with E-state index >= 15 is 0 Å². The van der Waals surface area contributed by atoms with Gasteiger partial charge in [0.05, 0.1) is 15.6 Å². The second kappa shape index (κ2) is 9.80. The van der Waals surface area contributed by atoms with Gasteiger partial charge in [-0.25, -0.2) is 8.42 Å². The molecule has 1 saturated heterocycles. The van der Waals surface area contributed by atoms with E-state index in [4.69, 9.17) is 11.6 Å². The number of benzene rings is 2. The molecule has 0 atom stereocenters. The minimum atomic E-state index is -3.51. The van der Waals surface area contributed by atoms with Crippen molar-refractivity contribution in [1.29, 1.82) is 0 Å². The van der Waals surface area contributed by atoms with Crippen LogP contribution in [0.15, 0.2) is 47.4 Å². The predicted molar refractivity (Wildman–Crippen MR) is 121 cm³/mol. The number of sulfonamides is 1. The van der Waals surface area contributed by atoms with Crippen LogP contribution < -0.4 is 10.2 Å². The summed E-state index contributed by atoms with van der Waals surface area (Å²) in [5, 5.41) is 3.25. The zero-order valence-corrected chi connectivity index (χ0v) is 19.2. The van der Waals surface area contributed by atoms with Crippen LogP contribution in [0.3, 0.4) is 0 Å². The summed E-state index contributed by atoms with van der Waals surface area (Å²) < 4.78 is 26.5. The molecule has 0 spiro atoms. The molecule has 1 fully saturated rings. The van der Waals surface area contributed by atoms with Crippen LogP contribution in [0.2, 0.25) is 5.02 Å². The fraction of sp³-hybridized carbons (Fsp3) is 0.364. The summed E-state index contributed by atoms with van der Waals surface area (Å²) in [6, 6.07) is 11.3. The Labute approximate surface area is 188 Å². The van der Waals surface area contributed by atoms with E-state index in [-0.39, 0.29) is 23.3 Å². The molecule has 1 aliphatic rings. The van der Waals surface area contributed by atoms with E-state index in [0.717, 1.165) is 12.0 Å². The zero-order valence-electron chi connectivity index (χ0n) is 17.6. The molecule has 0 radical (unpaired) electrons. The first-order valence-corrected chi connectivity index (χ1v) is 12.1. The maximum atomic E-state index is 12.6. The number of amides is 2. The van der Waals surface area contributed by atoms with Crippen LogP contribution in [-0.4, -0.2) is 44.2 Å². The van der Waals surface area contributed by atoms with Crippen molar-refractivity contribution >= 4 is 39.1 Å². The van der Waals surface area contributed by atoms with Gasteiger partial charge in [0.15, 0.2) is 0 Å². The molecule has 1 N–H and O–H groups in total. The normalized spacial score (nSPS) is 14.3. The molecule has 7 nitrogen and oxygen atoms in total. The van der Waals surface area contributed by atoms with Crippen molar-refractivity contribution in [2.45, 2.75) is 38.1 Å². The fourth-order valence-corrected chi connectivity index (χ4v) is 5.22. The number of nitrogens with one attached hydrogen (secondary N) is 1. The van der Waals surface area contributed by atoms with Crippen LogP contribution in [0, 0.1) is 0 Å². The molecule has 0 aromatic heterocycles. The Hall–Kier alpha value is -2.42. The summed E-state index contributed by atoms with van der Waals surface area (Å²) in [5.74, 6) is -0.302. The van der Waals surface area contributed by atoms with Gasteiger partial charge < -0.3 is 10.2 Å². The van der Waals surface area contributed by atoms with Crippen molar-refractivity contribution in [3.63, 3.8) is 0 Å².